The summed E-state index contributed by atoms with van der Waals surface area (Å²) >= 11 is 0. The van der Waals surface area contributed by atoms with Crippen LogP contribution in [-0.2, 0) is 6.42 Å². The first-order chi connectivity index (χ1) is 8.38. The van der Waals surface area contributed by atoms with Gasteiger partial charge in [0, 0.05) is 17.8 Å². The Morgan fingerprint density at radius 1 is 1.44 bits per heavy atom. The van der Waals surface area contributed by atoms with Crippen molar-refractivity contribution in [1.82, 2.24) is 5.32 Å². The Hall–Kier alpha value is -1.92. The first-order valence-electron chi connectivity index (χ1n) is 5.38. The van der Waals surface area contributed by atoms with E-state index in [-0.39, 0.29) is 0 Å². The Labute approximate surface area is 102 Å². The standard InChI is InChI=1S/C11H12F3N3O/c12-11(13,14)6-16-10(18)17-5-4-7-8(15)2-1-3-9(7)17/h1-3H,4-6,15H2,(H,16,18). The molecule has 98 valence electrons. The highest BCUT2D eigenvalue weighted by Crippen LogP contribution is 2.32. The average molecular weight is 259 g/mol. The Balaban J connectivity index is 2.09. The van der Waals surface area contributed by atoms with Crippen molar-refractivity contribution >= 4 is 17.4 Å². The van der Waals surface area contributed by atoms with Crippen LogP contribution in [0.25, 0.3) is 0 Å². The van der Waals surface area contributed by atoms with Crippen molar-refractivity contribution < 1.29 is 18.0 Å². The number of carbonyl (C=O) groups excluding carboxylic acids is 1. The molecule has 7 heteroatoms. The van der Waals surface area contributed by atoms with Crippen LogP contribution < -0.4 is 16.0 Å². The molecule has 0 radical (unpaired) electrons. The minimum absolute atomic E-state index is 0.341. The molecule has 0 saturated heterocycles. The molecule has 0 aromatic heterocycles. The zero-order chi connectivity index (χ0) is 13.3. The molecule has 0 spiro atoms. The van der Waals surface area contributed by atoms with E-state index in [4.69, 9.17) is 5.73 Å². The molecule has 0 unspecified atom stereocenters. The average Bonchev–Trinajstić information content (AvgIpc) is 2.70. The van der Waals surface area contributed by atoms with Gasteiger partial charge in [-0.1, -0.05) is 6.07 Å². The van der Waals surface area contributed by atoms with E-state index in [1.165, 1.54) is 4.90 Å². The summed E-state index contributed by atoms with van der Waals surface area (Å²) < 4.78 is 36.0. The molecule has 4 nitrogen and oxygen atoms in total. The molecule has 1 aromatic rings. The van der Waals surface area contributed by atoms with Crippen molar-refractivity contribution in [2.75, 3.05) is 23.7 Å². The first-order valence-corrected chi connectivity index (χ1v) is 5.38. The lowest BCUT2D eigenvalue weighted by atomic mass is 10.1. The fourth-order valence-electron chi connectivity index (χ4n) is 1.94. The molecule has 0 aliphatic carbocycles. The number of rotatable bonds is 1. The van der Waals surface area contributed by atoms with Gasteiger partial charge in [-0.15, -0.1) is 0 Å². The lowest BCUT2D eigenvalue weighted by Gasteiger charge is -2.18. The molecule has 1 aromatic carbocycles. The predicted molar refractivity (Wildman–Crippen MR) is 61.4 cm³/mol. The predicted octanol–water partition coefficient (Wildman–Crippen LogP) is 1.90. The Bertz CT molecular complexity index is 473. The van der Waals surface area contributed by atoms with Crippen LogP contribution in [0.2, 0.25) is 0 Å². The maximum atomic E-state index is 12.0. The highest BCUT2D eigenvalue weighted by molar-refractivity contribution is 5.95. The summed E-state index contributed by atoms with van der Waals surface area (Å²) in [5.41, 5.74) is 7.68. The van der Waals surface area contributed by atoms with Gasteiger partial charge in [0.2, 0.25) is 0 Å². The zero-order valence-corrected chi connectivity index (χ0v) is 9.42. The molecule has 1 aliphatic rings. The van der Waals surface area contributed by atoms with Gasteiger partial charge in [0.1, 0.15) is 6.54 Å². The highest BCUT2D eigenvalue weighted by Gasteiger charge is 2.31. The fraction of sp³-hybridized carbons (Fsp3) is 0.364. The third-order valence-electron chi connectivity index (χ3n) is 2.75. The molecule has 2 rings (SSSR count). The second-order valence-electron chi connectivity index (χ2n) is 4.02. The summed E-state index contributed by atoms with van der Waals surface area (Å²) in [5.74, 6) is 0. The molecular formula is C11H12F3N3O. The quantitative estimate of drug-likeness (QED) is 0.757. The maximum Gasteiger partial charge on any atom is 0.405 e. The van der Waals surface area contributed by atoms with Gasteiger partial charge in [0.15, 0.2) is 0 Å². The number of alkyl halides is 3. The van der Waals surface area contributed by atoms with E-state index in [0.717, 1.165) is 5.56 Å². The summed E-state index contributed by atoms with van der Waals surface area (Å²) in [6.07, 6.45) is -3.85. The van der Waals surface area contributed by atoms with E-state index in [0.29, 0.717) is 24.3 Å². The van der Waals surface area contributed by atoms with E-state index in [1.54, 1.807) is 18.2 Å². The van der Waals surface area contributed by atoms with Gasteiger partial charge in [0.05, 0.1) is 5.69 Å². The fourth-order valence-corrected chi connectivity index (χ4v) is 1.94. The molecule has 0 atom stereocenters. The van der Waals surface area contributed by atoms with Gasteiger partial charge in [0.25, 0.3) is 0 Å². The van der Waals surface area contributed by atoms with Gasteiger partial charge >= 0.3 is 12.2 Å². The van der Waals surface area contributed by atoms with Gasteiger partial charge < -0.3 is 11.1 Å². The zero-order valence-electron chi connectivity index (χ0n) is 9.42. The third-order valence-corrected chi connectivity index (χ3v) is 2.75. The van der Waals surface area contributed by atoms with E-state index in [9.17, 15) is 18.0 Å². The number of urea groups is 1. The Morgan fingerprint density at radius 2 is 2.17 bits per heavy atom. The minimum Gasteiger partial charge on any atom is -0.398 e. The summed E-state index contributed by atoms with van der Waals surface area (Å²) in [6.45, 7) is -0.993. The largest absolute Gasteiger partial charge is 0.405 e. The molecule has 3 N–H and O–H groups in total. The van der Waals surface area contributed by atoms with E-state index in [1.807, 2.05) is 5.32 Å². The van der Waals surface area contributed by atoms with E-state index < -0.39 is 18.8 Å². The Kier molecular flexibility index (Phi) is 3.06. The molecule has 0 saturated carbocycles. The molecule has 1 heterocycles. The minimum atomic E-state index is -4.41. The van der Waals surface area contributed by atoms with E-state index in [2.05, 4.69) is 0 Å². The van der Waals surface area contributed by atoms with Crippen molar-refractivity contribution in [1.29, 1.82) is 0 Å². The number of carbonyl (C=O) groups is 1. The van der Waals surface area contributed by atoms with Gasteiger partial charge in [-0.25, -0.2) is 4.79 Å². The number of amides is 2. The summed E-state index contributed by atoms with van der Waals surface area (Å²) in [7, 11) is 0. The van der Waals surface area contributed by atoms with Crippen molar-refractivity contribution in [3.8, 4) is 0 Å². The second kappa shape index (κ2) is 4.40. The monoisotopic (exact) mass is 259 g/mol. The SMILES string of the molecule is Nc1cccc2c1CCN2C(=O)NCC(F)(F)F. The number of nitrogen functional groups attached to an aromatic ring is 1. The van der Waals surface area contributed by atoms with Crippen LogP contribution in [0.5, 0.6) is 0 Å². The summed E-state index contributed by atoms with van der Waals surface area (Å²) in [5, 5.41) is 1.85. The van der Waals surface area contributed by atoms with Crippen LogP contribution in [0.3, 0.4) is 0 Å². The molecule has 2 amide bonds. The van der Waals surface area contributed by atoms with Crippen molar-refractivity contribution in [2.45, 2.75) is 12.6 Å². The van der Waals surface area contributed by atoms with Crippen molar-refractivity contribution in [3.63, 3.8) is 0 Å². The Morgan fingerprint density at radius 3 is 2.83 bits per heavy atom. The lowest BCUT2D eigenvalue weighted by Crippen LogP contribution is -2.43. The normalized spacial score (nSPS) is 14.5. The van der Waals surface area contributed by atoms with Crippen LogP contribution >= 0.6 is 0 Å². The number of halogens is 3. The number of hydrogen-bond donors (Lipinski definition) is 2. The summed E-state index contributed by atoms with van der Waals surface area (Å²) in [4.78, 5) is 12.9. The number of benzene rings is 1. The highest BCUT2D eigenvalue weighted by atomic mass is 19.4. The van der Waals surface area contributed by atoms with Crippen LogP contribution in [0, 0.1) is 0 Å². The molecule has 0 bridgehead atoms. The smallest absolute Gasteiger partial charge is 0.398 e. The molecule has 0 fully saturated rings. The third kappa shape index (κ3) is 2.49. The van der Waals surface area contributed by atoms with Crippen LogP contribution in [0.4, 0.5) is 29.3 Å². The molecule has 18 heavy (non-hydrogen) atoms. The van der Waals surface area contributed by atoms with Gasteiger partial charge in [-0.2, -0.15) is 13.2 Å². The van der Waals surface area contributed by atoms with Gasteiger partial charge in [-0.05, 0) is 18.6 Å². The number of nitrogens with one attached hydrogen (secondary N) is 1. The van der Waals surface area contributed by atoms with Crippen LogP contribution in [0.1, 0.15) is 5.56 Å². The number of nitrogens with two attached hydrogens (primary N) is 1. The number of hydrogen-bond acceptors (Lipinski definition) is 2. The number of nitrogens with zero attached hydrogens (tertiary/aromatic N) is 1. The molecular weight excluding hydrogens is 247 g/mol. The molecule has 1 aliphatic heterocycles. The van der Waals surface area contributed by atoms with E-state index >= 15 is 0 Å². The first kappa shape index (κ1) is 12.5. The van der Waals surface area contributed by atoms with Crippen LogP contribution in [-0.4, -0.2) is 25.3 Å². The topological polar surface area (TPSA) is 58.4 Å². The summed E-state index contributed by atoms with van der Waals surface area (Å²) in [6, 6.07) is 4.29. The maximum absolute atomic E-state index is 12.0. The van der Waals surface area contributed by atoms with Crippen molar-refractivity contribution in [2.24, 2.45) is 0 Å². The van der Waals surface area contributed by atoms with Gasteiger partial charge in [-0.3, -0.25) is 4.90 Å². The number of anilines is 2. The lowest BCUT2D eigenvalue weighted by molar-refractivity contribution is -0.122. The van der Waals surface area contributed by atoms with Crippen LogP contribution in [0.15, 0.2) is 18.2 Å². The van der Waals surface area contributed by atoms with Crippen molar-refractivity contribution in [3.05, 3.63) is 23.8 Å². The number of fused-ring (bicyclic) bond motifs is 1. The second-order valence-corrected chi connectivity index (χ2v) is 4.02.